The van der Waals surface area contributed by atoms with Crippen LogP contribution in [-0.4, -0.2) is 55.2 Å². The molecule has 0 aromatic carbocycles. The number of hydrogen-bond acceptors (Lipinski definition) is 4. The van der Waals surface area contributed by atoms with Crippen LogP contribution in [0, 0.1) is 0 Å². The number of rotatable bonds is 7. The third kappa shape index (κ3) is 6.47. The lowest BCUT2D eigenvalue weighted by molar-refractivity contribution is 0.414. The molecule has 0 amide bonds. The average molecular weight is 309 g/mol. The molecule has 0 unspecified atom stereocenters. The van der Waals surface area contributed by atoms with E-state index < -0.39 is 10.0 Å². The second kappa shape index (κ2) is 7.86. The molecule has 4 nitrogen and oxygen atoms in total. The van der Waals surface area contributed by atoms with Crippen LogP contribution in [0.25, 0.3) is 0 Å². The van der Waals surface area contributed by atoms with Crippen molar-refractivity contribution >= 4 is 21.8 Å². The molecule has 1 saturated heterocycles. The summed E-state index contributed by atoms with van der Waals surface area (Å²) in [5, 5.41) is 3.22. The van der Waals surface area contributed by atoms with Gasteiger partial charge in [0.2, 0.25) is 10.0 Å². The van der Waals surface area contributed by atoms with Crippen molar-refractivity contribution < 1.29 is 8.42 Å². The molecule has 0 spiro atoms. The zero-order chi connectivity index (χ0) is 14.4. The van der Waals surface area contributed by atoms with Gasteiger partial charge in [0.15, 0.2) is 0 Å². The molecule has 1 aliphatic rings. The highest BCUT2D eigenvalue weighted by Gasteiger charge is 2.29. The van der Waals surface area contributed by atoms with E-state index in [1.165, 1.54) is 0 Å². The molecule has 0 aliphatic carbocycles. The van der Waals surface area contributed by atoms with Gasteiger partial charge in [-0.3, -0.25) is 0 Å². The summed E-state index contributed by atoms with van der Waals surface area (Å²) in [5.41, 5.74) is 0. The van der Waals surface area contributed by atoms with E-state index in [4.69, 9.17) is 0 Å². The van der Waals surface area contributed by atoms with Crippen molar-refractivity contribution in [2.45, 2.75) is 44.8 Å². The van der Waals surface area contributed by atoms with Crippen molar-refractivity contribution in [2.24, 2.45) is 0 Å². The number of hydrogen-bond donors (Lipinski definition) is 1. The number of sulfonamides is 1. The van der Waals surface area contributed by atoms with Crippen molar-refractivity contribution in [1.82, 2.24) is 9.62 Å². The summed E-state index contributed by atoms with van der Waals surface area (Å²) < 4.78 is 26.5. The topological polar surface area (TPSA) is 49.4 Å². The molecule has 0 saturated carbocycles. The monoisotopic (exact) mass is 308 g/mol. The Bertz CT molecular complexity index is 356. The van der Waals surface area contributed by atoms with E-state index in [1.807, 2.05) is 11.8 Å². The highest BCUT2D eigenvalue weighted by atomic mass is 32.2. The number of nitrogens with zero attached hydrogens (tertiary/aromatic N) is 1. The molecule has 1 rings (SSSR count). The highest BCUT2D eigenvalue weighted by Crippen LogP contribution is 2.31. The van der Waals surface area contributed by atoms with Gasteiger partial charge in [-0.1, -0.05) is 20.8 Å². The minimum atomic E-state index is -3.05. The van der Waals surface area contributed by atoms with Gasteiger partial charge in [-0.2, -0.15) is 11.8 Å². The molecule has 1 heterocycles. The van der Waals surface area contributed by atoms with Gasteiger partial charge in [0.1, 0.15) is 0 Å². The fraction of sp³-hybridized carbons (Fsp3) is 1.00. The van der Waals surface area contributed by atoms with Gasteiger partial charge in [0.25, 0.3) is 0 Å². The smallest absolute Gasteiger partial charge is 0.214 e. The summed E-state index contributed by atoms with van der Waals surface area (Å²) in [4.78, 5) is 0. The maximum Gasteiger partial charge on any atom is 0.214 e. The van der Waals surface area contributed by atoms with Gasteiger partial charge in [0, 0.05) is 23.6 Å². The van der Waals surface area contributed by atoms with Gasteiger partial charge in [-0.15, -0.1) is 0 Å². The summed E-state index contributed by atoms with van der Waals surface area (Å²) >= 11 is 1.88. The van der Waals surface area contributed by atoms with Crippen LogP contribution in [0.3, 0.4) is 0 Å². The van der Waals surface area contributed by atoms with Crippen LogP contribution < -0.4 is 5.32 Å². The van der Waals surface area contributed by atoms with Gasteiger partial charge in [-0.05, 0) is 32.4 Å². The molecule has 0 radical (unpaired) electrons. The predicted molar refractivity (Wildman–Crippen MR) is 84.3 cm³/mol. The normalized spacial score (nSPS) is 21.2. The van der Waals surface area contributed by atoms with E-state index in [-0.39, 0.29) is 4.75 Å². The van der Waals surface area contributed by atoms with Crippen molar-refractivity contribution in [3.05, 3.63) is 0 Å². The maximum absolute atomic E-state index is 12.3. The molecule has 1 N–H and O–H groups in total. The summed E-state index contributed by atoms with van der Waals surface area (Å²) in [7, 11) is -3.05. The molecule has 6 heteroatoms. The molecule has 114 valence electrons. The fourth-order valence-electron chi connectivity index (χ4n) is 2.12. The Morgan fingerprint density at radius 2 is 2.00 bits per heavy atom. The largest absolute Gasteiger partial charge is 0.317 e. The van der Waals surface area contributed by atoms with Crippen LogP contribution in [0.4, 0.5) is 0 Å². The van der Waals surface area contributed by atoms with E-state index in [2.05, 4.69) is 26.1 Å². The summed E-state index contributed by atoms with van der Waals surface area (Å²) in [5.74, 6) is 1.20. The predicted octanol–water partition coefficient (Wildman–Crippen LogP) is 1.92. The number of nitrogens with one attached hydrogen (secondary N) is 1. The molecular formula is C13H28N2O2S2. The lowest BCUT2D eigenvalue weighted by atomic mass is 10.1. The summed E-state index contributed by atoms with van der Waals surface area (Å²) in [6.07, 6.45) is 2.62. The first-order valence-electron chi connectivity index (χ1n) is 7.20. The lowest BCUT2D eigenvalue weighted by Crippen LogP contribution is -2.35. The Morgan fingerprint density at radius 3 is 2.68 bits per heavy atom. The molecule has 0 bridgehead atoms. The Hall–Kier alpha value is 0.220. The van der Waals surface area contributed by atoms with E-state index in [0.29, 0.717) is 18.8 Å². The quantitative estimate of drug-likeness (QED) is 0.730. The lowest BCUT2D eigenvalue weighted by Gasteiger charge is -2.22. The first-order chi connectivity index (χ1) is 8.87. The first kappa shape index (κ1) is 17.3. The van der Waals surface area contributed by atoms with Gasteiger partial charge >= 0.3 is 0 Å². The van der Waals surface area contributed by atoms with E-state index >= 15 is 0 Å². The number of thioether (sulfide) groups is 1. The van der Waals surface area contributed by atoms with Crippen LogP contribution in [0.1, 0.15) is 40.0 Å². The van der Waals surface area contributed by atoms with E-state index in [0.717, 1.165) is 38.1 Å². The summed E-state index contributed by atoms with van der Waals surface area (Å²) in [6, 6.07) is 0. The Morgan fingerprint density at radius 1 is 1.26 bits per heavy atom. The van der Waals surface area contributed by atoms with Crippen LogP contribution in [0.5, 0.6) is 0 Å². The third-order valence-electron chi connectivity index (χ3n) is 3.45. The Balaban J connectivity index is 2.39. The van der Waals surface area contributed by atoms with Crippen molar-refractivity contribution in [1.29, 1.82) is 0 Å². The molecule has 1 aliphatic heterocycles. The third-order valence-corrected chi connectivity index (χ3v) is 6.77. The highest BCUT2D eigenvalue weighted by molar-refractivity contribution is 8.00. The zero-order valence-electron chi connectivity index (χ0n) is 12.4. The standard InChI is InChI=1S/C13H28N2O2S2/c1-4-14-8-5-6-12-19(16,17)15-9-7-13(2,3)18-11-10-15/h14H,4-12H2,1-3H3. The average Bonchev–Trinajstić information content (AvgIpc) is 2.50. The van der Waals surface area contributed by atoms with Crippen molar-refractivity contribution in [2.75, 3.05) is 37.7 Å². The van der Waals surface area contributed by atoms with E-state index in [9.17, 15) is 8.42 Å². The first-order valence-corrected chi connectivity index (χ1v) is 9.79. The van der Waals surface area contributed by atoms with Gasteiger partial charge in [-0.25, -0.2) is 12.7 Å². The fourth-order valence-corrected chi connectivity index (χ4v) is 4.90. The number of unbranched alkanes of at least 4 members (excludes halogenated alkanes) is 1. The van der Waals surface area contributed by atoms with E-state index in [1.54, 1.807) is 4.31 Å². The second-order valence-corrected chi connectivity index (χ2v) is 9.52. The SMILES string of the molecule is CCNCCCCS(=O)(=O)N1CCSC(C)(C)CC1. The van der Waals surface area contributed by atoms with Gasteiger partial charge < -0.3 is 5.32 Å². The van der Waals surface area contributed by atoms with Crippen molar-refractivity contribution in [3.63, 3.8) is 0 Å². The molecular weight excluding hydrogens is 280 g/mol. The van der Waals surface area contributed by atoms with Crippen LogP contribution >= 0.6 is 11.8 Å². The minimum Gasteiger partial charge on any atom is -0.317 e. The summed E-state index contributed by atoms with van der Waals surface area (Å²) in [6.45, 7) is 9.67. The molecule has 0 atom stereocenters. The Labute approximate surface area is 122 Å². The second-order valence-electron chi connectivity index (χ2n) is 5.63. The molecule has 0 aromatic heterocycles. The maximum atomic E-state index is 12.3. The molecule has 19 heavy (non-hydrogen) atoms. The molecule has 1 fully saturated rings. The molecule has 0 aromatic rings. The zero-order valence-corrected chi connectivity index (χ0v) is 14.1. The Kier molecular flexibility index (Phi) is 7.14. The van der Waals surface area contributed by atoms with Crippen LogP contribution in [0.2, 0.25) is 0 Å². The van der Waals surface area contributed by atoms with Gasteiger partial charge in [0.05, 0.1) is 5.75 Å². The minimum absolute atomic E-state index is 0.204. The van der Waals surface area contributed by atoms with Crippen LogP contribution in [0.15, 0.2) is 0 Å². The van der Waals surface area contributed by atoms with Crippen molar-refractivity contribution in [3.8, 4) is 0 Å². The van der Waals surface area contributed by atoms with Crippen LogP contribution in [-0.2, 0) is 10.0 Å².